The number of anilines is 1. The Labute approximate surface area is 135 Å². The first-order valence-corrected chi connectivity index (χ1v) is 7.48. The van der Waals surface area contributed by atoms with Gasteiger partial charge in [0.05, 0.1) is 25.5 Å². The summed E-state index contributed by atoms with van der Waals surface area (Å²) in [4.78, 5) is 12.3. The Kier molecular flexibility index (Phi) is 4.06. The van der Waals surface area contributed by atoms with Crippen LogP contribution in [0.1, 0.15) is 16.7 Å². The summed E-state index contributed by atoms with van der Waals surface area (Å²) in [5.74, 6) is 0.541. The lowest BCUT2D eigenvalue weighted by Gasteiger charge is -2.09. The molecule has 0 bridgehead atoms. The lowest BCUT2D eigenvalue weighted by molar-refractivity contribution is -0.115. The number of hydrogen-bond acceptors (Lipinski definition) is 3. The van der Waals surface area contributed by atoms with E-state index < -0.39 is 0 Å². The summed E-state index contributed by atoms with van der Waals surface area (Å²) in [6.07, 6.45) is 1.92. The number of fused-ring (bicyclic) bond motifs is 1. The van der Waals surface area contributed by atoms with Gasteiger partial charge in [-0.3, -0.25) is 4.79 Å². The molecule has 0 saturated carbocycles. The van der Waals surface area contributed by atoms with Crippen molar-refractivity contribution in [1.82, 2.24) is 0 Å². The average Bonchev–Trinajstić information content (AvgIpc) is 2.90. The first-order chi connectivity index (χ1) is 11.1. The number of nitrogens with one attached hydrogen (secondary N) is 1. The number of amides is 1. The zero-order chi connectivity index (χ0) is 16.4. The van der Waals surface area contributed by atoms with E-state index in [4.69, 9.17) is 9.15 Å². The summed E-state index contributed by atoms with van der Waals surface area (Å²) < 4.78 is 10.8. The number of carbonyl (C=O) groups excluding carboxylic acids is 1. The van der Waals surface area contributed by atoms with E-state index in [1.165, 1.54) is 11.1 Å². The predicted molar refractivity (Wildman–Crippen MR) is 91.0 cm³/mol. The highest BCUT2D eigenvalue weighted by Gasteiger charge is 2.13. The highest BCUT2D eigenvalue weighted by atomic mass is 16.5. The van der Waals surface area contributed by atoms with Crippen molar-refractivity contribution in [2.75, 3.05) is 12.4 Å². The fraction of sp³-hybridized carbons (Fsp3) is 0.211. The fourth-order valence-corrected chi connectivity index (χ4v) is 2.59. The SMILES string of the molecule is COc1ccccc1NC(=O)Cc1coc2cc(C)c(C)cc12. The van der Waals surface area contributed by atoms with E-state index in [0.29, 0.717) is 11.4 Å². The minimum atomic E-state index is -0.101. The molecule has 0 unspecified atom stereocenters. The Morgan fingerprint density at radius 1 is 1.17 bits per heavy atom. The van der Waals surface area contributed by atoms with E-state index in [1.807, 2.05) is 37.3 Å². The third-order valence-electron chi connectivity index (χ3n) is 4.00. The number of benzene rings is 2. The van der Waals surface area contributed by atoms with Crippen molar-refractivity contribution in [3.05, 3.63) is 59.4 Å². The zero-order valence-electron chi connectivity index (χ0n) is 13.5. The Balaban J connectivity index is 1.82. The molecule has 0 saturated heterocycles. The van der Waals surface area contributed by atoms with Crippen LogP contribution in [0.15, 0.2) is 47.1 Å². The van der Waals surface area contributed by atoms with Gasteiger partial charge in [0.15, 0.2) is 0 Å². The number of ether oxygens (including phenoxy) is 1. The van der Waals surface area contributed by atoms with Crippen molar-refractivity contribution in [2.45, 2.75) is 20.3 Å². The van der Waals surface area contributed by atoms with Crippen molar-refractivity contribution in [1.29, 1.82) is 0 Å². The molecule has 1 N–H and O–H groups in total. The largest absolute Gasteiger partial charge is 0.495 e. The molecule has 0 aliphatic carbocycles. The van der Waals surface area contributed by atoms with Gasteiger partial charge >= 0.3 is 0 Å². The Morgan fingerprint density at radius 3 is 2.70 bits per heavy atom. The molecule has 3 aromatic rings. The molecule has 0 fully saturated rings. The highest BCUT2D eigenvalue weighted by molar-refractivity contribution is 5.96. The van der Waals surface area contributed by atoms with Crippen LogP contribution in [0.25, 0.3) is 11.0 Å². The molecule has 118 valence electrons. The van der Waals surface area contributed by atoms with Gasteiger partial charge in [0, 0.05) is 10.9 Å². The summed E-state index contributed by atoms with van der Waals surface area (Å²) in [6.45, 7) is 4.10. The molecule has 2 aromatic carbocycles. The van der Waals surface area contributed by atoms with Crippen LogP contribution < -0.4 is 10.1 Å². The van der Waals surface area contributed by atoms with E-state index in [-0.39, 0.29) is 12.3 Å². The van der Waals surface area contributed by atoms with Gasteiger partial charge in [0.1, 0.15) is 11.3 Å². The number of para-hydroxylation sites is 2. The monoisotopic (exact) mass is 309 g/mol. The van der Waals surface area contributed by atoms with Crippen LogP contribution in [-0.2, 0) is 11.2 Å². The number of aryl methyl sites for hydroxylation is 2. The number of hydrogen-bond donors (Lipinski definition) is 1. The first-order valence-electron chi connectivity index (χ1n) is 7.48. The van der Waals surface area contributed by atoms with Gasteiger partial charge in [-0.05, 0) is 49.2 Å². The van der Waals surface area contributed by atoms with E-state index in [9.17, 15) is 4.79 Å². The van der Waals surface area contributed by atoms with Gasteiger partial charge < -0.3 is 14.5 Å². The fourth-order valence-electron chi connectivity index (χ4n) is 2.59. The van der Waals surface area contributed by atoms with Crippen molar-refractivity contribution in [2.24, 2.45) is 0 Å². The van der Waals surface area contributed by atoms with Crippen LogP contribution in [0, 0.1) is 13.8 Å². The molecule has 3 rings (SSSR count). The van der Waals surface area contributed by atoms with Crippen LogP contribution in [-0.4, -0.2) is 13.0 Å². The molecule has 0 aliphatic rings. The first kappa shape index (κ1) is 15.2. The molecular weight excluding hydrogens is 290 g/mol. The average molecular weight is 309 g/mol. The van der Waals surface area contributed by atoms with E-state index in [0.717, 1.165) is 16.5 Å². The second-order valence-corrected chi connectivity index (χ2v) is 5.62. The maximum atomic E-state index is 12.3. The molecule has 0 radical (unpaired) electrons. The van der Waals surface area contributed by atoms with Gasteiger partial charge in [-0.2, -0.15) is 0 Å². The van der Waals surface area contributed by atoms with Gasteiger partial charge in [-0.15, -0.1) is 0 Å². The van der Waals surface area contributed by atoms with Gasteiger partial charge in [-0.25, -0.2) is 0 Å². The highest BCUT2D eigenvalue weighted by Crippen LogP contribution is 2.26. The molecule has 23 heavy (non-hydrogen) atoms. The minimum absolute atomic E-state index is 0.101. The van der Waals surface area contributed by atoms with Crippen LogP contribution in [0.3, 0.4) is 0 Å². The quantitative estimate of drug-likeness (QED) is 0.784. The lowest BCUT2D eigenvalue weighted by Crippen LogP contribution is -2.14. The molecule has 1 aromatic heterocycles. The Bertz CT molecular complexity index is 864. The summed E-state index contributed by atoms with van der Waals surface area (Å²) in [6, 6.07) is 11.4. The molecule has 1 heterocycles. The normalized spacial score (nSPS) is 10.7. The van der Waals surface area contributed by atoms with Gasteiger partial charge in [-0.1, -0.05) is 12.1 Å². The molecule has 0 atom stereocenters. The van der Waals surface area contributed by atoms with Crippen molar-refractivity contribution >= 4 is 22.6 Å². The van der Waals surface area contributed by atoms with E-state index in [1.54, 1.807) is 13.4 Å². The van der Waals surface area contributed by atoms with Crippen LogP contribution in [0.5, 0.6) is 5.75 Å². The van der Waals surface area contributed by atoms with Crippen LogP contribution in [0.2, 0.25) is 0 Å². The number of rotatable bonds is 4. The second kappa shape index (κ2) is 6.16. The summed E-state index contributed by atoms with van der Waals surface area (Å²) >= 11 is 0. The maximum absolute atomic E-state index is 12.3. The van der Waals surface area contributed by atoms with E-state index >= 15 is 0 Å². The third-order valence-corrected chi connectivity index (χ3v) is 4.00. The summed E-state index contributed by atoms with van der Waals surface area (Å²) in [7, 11) is 1.58. The predicted octanol–water partition coefficient (Wildman–Crippen LogP) is 4.24. The number of methoxy groups -OCH3 is 1. The zero-order valence-corrected chi connectivity index (χ0v) is 13.5. The van der Waals surface area contributed by atoms with Gasteiger partial charge in [0.2, 0.25) is 5.91 Å². The molecular formula is C19H19NO3. The van der Waals surface area contributed by atoms with Crippen LogP contribution >= 0.6 is 0 Å². The summed E-state index contributed by atoms with van der Waals surface area (Å²) in [5, 5.41) is 3.87. The molecule has 4 heteroatoms. The van der Waals surface area contributed by atoms with Crippen LogP contribution in [0.4, 0.5) is 5.69 Å². The van der Waals surface area contributed by atoms with Crippen molar-refractivity contribution in [3.63, 3.8) is 0 Å². The molecule has 4 nitrogen and oxygen atoms in total. The van der Waals surface area contributed by atoms with E-state index in [2.05, 4.69) is 18.3 Å². The number of carbonyl (C=O) groups is 1. The second-order valence-electron chi connectivity index (χ2n) is 5.62. The smallest absolute Gasteiger partial charge is 0.229 e. The lowest BCUT2D eigenvalue weighted by atomic mass is 10.0. The van der Waals surface area contributed by atoms with Crippen molar-refractivity contribution in [3.8, 4) is 5.75 Å². The molecule has 0 spiro atoms. The standard InChI is InChI=1S/C19H19NO3/c1-12-8-15-14(11-23-18(15)9-13(12)2)10-19(21)20-16-6-4-5-7-17(16)22-3/h4-9,11H,10H2,1-3H3,(H,20,21). The Morgan fingerprint density at radius 2 is 1.91 bits per heavy atom. The third kappa shape index (κ3) is 3.06. The minimum Gasteiger partial charge on any atom is -0.495 e. The maximum Gasteiger partial charge on any atom is 0.229 e. The Hall–Kier alpha value is -2.75. The number of furan rings is 1. The molecule has 1 amide bonds. The topological polar surface area (TPSA) is 51.5 Å². The van der Waals surface area contributed by atoms with Gasteiger partial charge in [0.25, 0.3) is 0 Å². The molecule has 0 aliphatic heterocycles. The van der Waals surface area contributed by atoms with Crippen molar-refractivity contribution < 1.29 is 13.9 Å². The summed E-state index contributed by atoms with van der Waals surface area (Å²) in [5.41, 5.74) is 4.73.